The second-order valence-corrected chi connectivity index (χ2v) is 4.32. The number of rotatable bonds is 5. The highest BCUT2D eigenvalue weighted by Gasteiger charge is 2.17. The van der Waals surface area contributed by atoms with Crippen molar-refractivity contribution in [2.75, 3.05) is 0 Å². The van der Waals surface area contributed by atoms with Gasteiger partial charge in [-0.1, -0.05) is 39.0 Å². The number of unbranched alkanes of at least 4 members (excludes halogenated alkanes) is 3. The summed E-state index contributed by atoms with van der Waals surface area (Å²) in [5.74, 6) is 0.658. The van der Waals surface area contributed by atoms with Crippen LogP contribution in [0.25, 0.3) is 0 Å². The van der Waals surface area contributed by atoms with Crippen LogP contribution < -0.4 is 0 Å². The normalized spacial score (nSPS) is 23.5. The van der Waals surface area contributed by atoms with Crippen LogP contribution in [0.5, 0.6) is 0 Å². The molecule has 1 nitrogen and oxygen atoms in total. The van der Waals surface area contributed by atoms with Gasteiger partial charge in [-0.15, -0.1) is 0 Å². The molecule has 0 aliphatic heterocycles. The summed E-state index contributed by atoms with van der Waals surface area (Å²) in [4.78, 5) is 0. The lowest BCUT2D eigenvalue weighted by atomic mass is 9.84. The Labute approximate surface area is 82.4 Å². The minimum atomic E-state index is 0.658. The highest BCUT2D eigenvalue weighted by Crippen LogP contribution is 2.25. The van der Waals surface area contributed by atoms with E-state index in [2.05, 4.69) is 6.92 Å². The summed E-state index contributed by atoms with van der Waals surface area (Å²) in [6.07, 6.45) is 11.7. The van der Waals surface area contributed by atoms with Gasteiger partial charge < -0.3 is 5.41 Å². The van der Waals surface area contributed by atoms with Gasteiger partial charge in [-0.2, -0.15) is 0 Å². The number of nitrogens with one attached hydrogen (secondary N) is 1. The first-order valence-corrected chi connectivity index (χ1v) is 5.92. The molecule has 1 saturated carbocycles. The fraction of sp³-hybridized carbons (Fsp3) is 0.917. The van der Waals surface area contributed by atoms with Gasteiger partial charge >= 0.3 is 0 Å². The molecule has 13 heavy (non-hydrogen) atoms. The second kappa shape index (κ2) is 6.17. The largest absolute Gasteiger partial charge is 0.309 e. The third-order valence-electron chi connectivity index (χ3n) is 3.15. The average Bonchev–Trinajstić information content (AvgIpc) is 2.15. The number of hydrogen-bond donors (Lipinski definition) is 1. The van der Waals surface area contributed by atoms with E-state index in [0.29, 0.717) is 5.92 Å². The third-order valence-corrected chi connectivity index (χ3v) is 3.15. The summed E-state index contributed by atoms with van der Waals surface area (Å²) in [7, 11) is 0. The lowest BCUT2D eigenvalue weighted by Crippen LogP contribution is -2.17. The molecule has 0 saturated heterocycles. The van der Waals surface area contributed by atoms with Gasteiger partial charge in [0.15, 0.2) is 0 Å². The van der Waals surface area contributed by atoms with Crippen molar-refractivity contribution >= 4 is 5.71 Å². The van der Waals surface area contributed by atoms with Gasteiger partial charge in [0.2, 0.25) is 0 Å². The molecule has 0 bridgehead atoms. The molecule has 1 rings (SSSR count). The van der Waals surface area contributed by atoms with Crippen molar-refractivity contribution in [3.8, 4) is 0 Å². The molecule has 0 aromatic carbocycles. The molecular formula is C12H23N. The molecule has 0 aromatic heterocycles. The Morgan fingerprint density at radius 2 is 2.08 bits per heavy atom. The first-order valence-electron chi connectivity index (χ1n) is 5.92. The van der Waals surface area contributed by atoms with E-state index in [9.17, 15) is 0 Å². The molecule has 1 fully saturated rings. The maximum atomic E-state index is 7.83. The van der Waals surface area contributed by atoms with Crippen LogP contribution in [0.3, 0.4) is 0 Å². The first kappa shape index (κ1) is 10.7. The van der Waals surface area contributed by atoms with E-state index in [1.54, 1.807) is 0 Å². The van der Waals surface area contributed by atoms with Gasteiger partial charge in [0.05, 0.1) is 0 Å². The maximum Gasteiger partial charge on any atom is 0.0120 e. The van der Waals surface area contributed by atoms with Crippen LogP contribution in [0.1, 0.15) is 64.7 Å². The van der Waals surface area contributed by atoms with Gasteiger partial charge in [0.1, 0.15) is 0 Å². The first-order chi connectivity index (χ1) is 6.34. The summed E-state index contributed by atoms with van der Waals surface area (Å²) in [6, 6.07) is 0. The second-order valence-electron chi connectivity index (χ2n) is 4.32. The van der Waals surface area contributed by atoms with Crippen LogP contribution in [0, 0.1) is 11.3 Å². The summed E-state index contributed by atoms with van der Waals surface area (Å²) >= 11 is 0. The Morgan fingerprint density at radius 3 is 2.77 bits per heavy atom. The van der Waals surface area contributed by atoms with E-state index in [1.807, 2.05) is 0 Å². The highest BCUT2D eigenvalue weighted by molar-refractivity contribution is 5.84. The summed E-state index contributed by atoms with van der Waals surface area (Å²) in [6.45, 7) is 2.25. The van der Waals surface area contributed by atoms with Crippen LogP contribution in [0.15, 0.2) is 0 Å². The van der Waals surface area contributed by atoms with Crippen LogP contribution in [-0.2, 0) is 0 Å². The Morgan fingerprint density at radius 1 is 1.23 bits per heavy atom. The van der Waals surface area contributed by atoms with Crippen molar-refractivity contribution < 1.29 is 0 Å². The molecule has 1 atom stereocenters. The zero-order valence-corrected chi connectivity index (χ0v) is 8.94. The van der Waals surface area contributed by atoms with Crippen molar-refractivity contribution in [3.63, 3.8) is 0 Å². The van der Waals surface area contributed by atoms with Gasteiger partial charge in [0.25, 0.3) is 0 Å². The molecule has 1 aliphatic carbocycles. The molecule has 0 spiro atoms. The smallest absolute Gasteiger partial charge is 0.0120 e. The SMILES string of the molecule is CCCCCC[C@H]1CCCCC1=N. The van der Waals surface area contributed by atoms with Crippen LogP contribution in [-0.4, -0.2) is 5.71 Å². The Bertz CT molecular complexity index is 151. The van der Waals surface area contributed by atoms with Crippen molar-refractivity contribution in [3.05, 3.63) is 0 Å². The maximum absolute atomic E-state index is 7.83. The van der Waals surface area contributed by atoms with Gasteiger partial charge in [0, 0.05) is 5.71 Å². The van der Waals surface area contributed by atoms with Crippen LogP contribution in [0.2, 0.25) is 0 Å². The van der Waals surface area contributed by atoms with Gasteiger partial charge in [-0.3, -0.25) is 0 Å². The fourth-order valence-electron chi connectivity index (χ4n) is 2.22. The van der Waals surface area contributed by atoms with Gasteiger partial charge in [-0.05, 0) is 31.6 Å². The van der Waals surface area contributed by atoms with Crippen LogP contribution >= 0.6 is 0 Å². The lowest BCUT2D eigenvalue weighted by Gasteiger charge is -2.22. The highest BCUT2D eigenvalue weighted by atomic mass is 14.5. The topological polar surface area (TPSA) is 23.9 Å². The molecular weight excluding hydrogens is 158 g/mol. The molecule has 0 radical (unpaired) electrons. The molecule has 76 valence electrons. The quantitative estimate of drug-likeness (QED) is 0.616. The van der Waals surface area contributed by atoms with E-state index in [1.165, 1.54) is 51.4 Å². The minimum Gasteiger partial charge on any atom is -0.309 e. The van der Waals surface area contributed by atoms with E-state index >= 15 is 0 Å². The molecule has 0 aromatic rings. The molecule has 0 unspecified atom stereocenters. The monoisotopic (exact) mass is 181 g/mol. The lowest BCUT2D eigenvalue weighted by molar-refractivity contribution is 0.468. The predicted molar refractivity (Wildman–Crippen MR) is 58.4 cm³/mol. The van der Waals surface area contributed by atoms with E-state index in [4.69, 9.17) is 5.41 Å². The summed E-state index contributed by atoms with van der Waals surface area (Å²) in [5, 5.41) is 7.83. The van der Waals surface area contributed by atoms with Crippen molar-refractivity contribution in [1.82, 2.24) is 0 Å². The molecule has 0 heterocycles. The number of hydrogen-bond acceptors (Lipinski definition) is 1. The van der Waals surface area contributed by atoms with Crippen molar-refractivity contribution in [1.29, 1.82) is 5.41 Å². The molecule has 0 amide bonds. The third kappa shape index (κ3) is 3.93. The average molecular weight is 181 g/mol. The van der Waals surface area contributed by atoms with E-state index in [-0.39, 0.29) is 0 Å². The fourth-order valence-corrected chi connectivity index (χ4v) is 2.22. The molecule has 1 N–H and O–H groups in total. The zero-order valence-electron chi connectivity index (χ0n) is 8.94. The Hall–Kier alpha value is -0.330. The van der Waals surface area contributed by atoms with Crippen molar-refractivity contribution in [2.45, 2.75) is 64.7 Å². The minimum absolute atomic E-state index is 0.658. The van der Waals surface area contributed by atoms with Gasteiger partial charge in [-0.25, -0.2) is 0 Å². The summed E-state index contributed by atoms with van der Waals surface area (Å²) < 4.78 is 0. The van der Waals surface area contributed by atoms with Crippen LogP contribution in [0.4, 0.5) is 0 Å². The van der Waals surface area contributed by atoms with Crippen molar-refractivity contribution in [2.24, 2.45) is 5.92 Å². The Balaban J connectivity index is 2.08. The molecule has 1 heteroatoms. The van der Waals surface area contributed by atoms with E-state index < -0.39 is 0 Å². The zero-order chi connectivity index (χ0) is 9.52. The Kier molecular flexibility index (Phi) is 5.10. The standard InChI is InChI=1S/C12H23N/c1-2-3-4-5-8-11-9-6-7-10-12(11)13/h11,13H,2-10H2,1H3/t11-/m0/s1. The summed E-state index contributed by atoms with van der Waals surface area (Å²) in [5.41, 5.74) is 1.04. The molecule has 1 aliphatic rings. The predicted octanol–water partition coefficient (Wildman–Crippen LogP) is 4.17. The van der Waals surface area contributed by atoms with E-state index in [0.717, 1.165) is 12.1 Å².